The standard InChI is InChI=1S/C23H21F3N2O2/c24-23(25,26)20-9-5-4-8-19(20)22(29)28-12-10-17(21-27-11-13-30-21)15-18(28)14-16-6-2-1-3-7-16/h1-9,14,17H,10-13,15H2. The van der Waals surface area contributed by atoms with Gasteiger partial charge in [0.25, 0.3) is 5.91 Å². The van der Waals surface area contributed by atoms with Gasteiger partial charge in [0.1, 0.15) is 6.61 Å². The van der Waals surface area contributed by atoms with Gasteiger partial charge < -0.3 is 9.64 Å². The number of hydrogen-bond acceptors (Lipinski definition) is 3. The highest BCUT2D eigenvalue weighted by atomic mass is 19.4. The molecule has 4 rings (SSSR count). The maximum atomic E-state index is 13.5. The Morgan fingerprint density at radius 2 is 1.83 bits per heavy atom. The van der Waals surface area contributed by atoms with Crippen LogP contribution in [0.5, 0.6) is 0 Å². The van der Waals surface area contributed by atoms with Gasteiger partial charge in [0.15, 0.2) is 5.90 Å². The Balaban J connectivity index is 1.69. The molecule has 7 heteroatoms. The summed E-state index contributed by atoms with van der Waals surface area (Å²) in [5.41, 5.74) is 0.290. The van der Waals surface area contributed by atoms with Crippen LogP contribution in [-0.4, -0.2) is 36.4 Å². The van der Waals surface area contributed by atoms with Crippen LogP contribution >= 0.6 is 0 Å². The third kappa shape index (κ3) is 4.25. The average Bonchev–Trinajstić information content (AvgIpc) is 3.28. The van der Waals surface area contributed by atoms with Crippen LogP contribution in [-0.2, 0) is 10.9 Å². The molecule has 1 fully saturated rings. The molecule has 30 heavy (non-hydrogen) atoms. The summed E-state index contributed by atoms with van der Waals surface area (Å²) in [6, 6.07) is 14.4. The second-order valence-electron chi connectivity index (χ2n) is 7.30. The Morgan fingerprint density at radius 3 is 2.53 bits per heavy atom. The van der Waals surface area contributed by atoms with Gasteiger partial charge >= 0.3 is 6.18 Å². The van der Waals surface area contributed by atoms with Crippen molar-refractivity contribution in [1.29, 1.82) is 0 Å². The molecule has 4 nitrogen and oxygen atoms in total. The minimum Gasteiger partial charge on any atom is -0.479 e. The second kappa shape index (κ2) is 8.34. The molecule has 2 aliphatic rings. The number of halogens is 3. The van der Waals surface area contributed by atoms with E-state index in [1.165, 1.54) is 23.1 Å². The van der Waals surface area contributed by atoms with E-state index in [2.05, 4.69) is 4.99 Å². The number of carbonyl (C=O) groups is 1. The number of rotatable bonds is 3. The number of nitrogens with zero attached hydrogens (tertiary/aromatic N) is 2. The van der Waals surface area contributed by atoms with Crippen molar-refractivity contribution in [2.45, 2.75) is 19.0 Å². The molecule has 2 aliphatic heterocycles. The summed E-state index contributed by atoms with van der Waals surface area (Å²) >= 11 is 0. The SMILES string of the molecule is O=C(c1ccccc1C(F)(F)F)N1CCC(C2=NCCO2)CC1=Cc1ccccc1. The molecule has 0 spiro atoms. The minimum absolute atomic E-state index is 0.0179. The van der Waals surface area contributed by atoms with Gasteiger partial charge in [-0.1, -0.05) is 42.5 Å². The van der Waals surface area contributed by atoms with Crippen molar-refractivity contribution in [1.82, 2.24) is 4.90 Å². The first-order valence-corrected chi connectivity index (χ1v) is 9.84. The number of ether oxygens (including phenoxy) is 1. The summed E-state index contributed by atoms with van der Waals surface area (Å²) in [5, 5.41) is 0. The first kappa shape index (κ1) is 20.2. The maximum Gasteiger partial charge on any atom is 0.417 e. The van der Waals surface area contributed by atoms with Crippen LogP contribution in [0.2, 0.25) is 0 Å². The van der Waals surface area contributed by atoms with Gasteiger partial charge in [0.05, 0.1) is 17.7 Å². The van der Waals surface area contributed by atoms with E-state index in [0.717, 1.165) is 11.6 Å². The predicted octanol–water partition coefficient (Wildman–Crippen LogP) is 5.03. The Labute approximate surface area is 172 Å². The van der Waals surface area contributed by atoms with Crippen LogP contribution in [0.15, 0.2) is 65.3 Å². The molecule has 2 aromatic carbocycles. The molecule has 0 aromatic heterocycles. The number of carbonyl (C=O) groups excluding carboxylic acids is 1. The van der Waals surface area contributed by atoms with Gasteiger partial charge in [-0.3, -0.25) is 9.79 Å². The van der Waals surface area contributed by atoms with Crippen molar-refractivity contribution in [3.05, 3.63) is 77.0 Å². The molecule has 0 aliphatic carbocycles. The van der Waals surface area contributed by atoms with E-state index in [4.69, 9.17) is 4.74 Å². The zero-order valence-electron chi connectivity index (χ0n) is 16.2. The van der Waals surface area contributed by atoms with Crippen molar-refractivity contribution in [2.24, 2.45) is 10.9 Å². The lowest BCUT2D eigenvalue weighted by Crippen LogP contribution is -2.39. The third-order valence-electron chi connectivity index (χ3n) is 5.30. The fourth-order valence-electron chi connectivity index (χ4n) is 3.88. The summed E-state index contributed by atoms with van der Waals surface area (Å²) < 4.78 is 46.0. The van der Waals surface area contributed by atoms with Gasteiger partial charge in [-0.25, -0.2) is 0 Å². The van der Waals surface area contributed by atoms with E-state index < -0.39 is 17.6 Å². The number of allylic oxidation sites excluding steroid dienone is 1. The Morgan fingerprint density at radius 1 is 1.10 bits per heavy atom. The number of amides is 1. The van der Waals surface area contributed by atoms with Crippen LogP contribution in [0.4, 0.5) is 13.2 Å². The largest absolute Gasteiger partial charge is 0.479 e. The van der Waals surface area contributed by atoms with Crippen LogP contribution < -0.4 is 0 Å². The first-order valence-electron chi connectivity index (χ1n) is 9.84. The lowest BCUT2D eigenvalue weighted by atomic mass is 9.91. The lowest BCUT2D eigenvalue weighted by molar-refractivity contribution is -0.138. The summed E-state index contributed by atoms with van der Waals surface area (Å²) in [5.74, 6) is 0.0546. The van der Waals surface area contributed by atoms with Gasteiger partial charge in [0.2, 0.25) is 0 Å². The van der Waals surface area contributed by atoms with Crippen molar-refractivity contribution in [2.75, 3.05) is 19.7 Å². The molecule has 2 heterocycles. The number of likely N-dealkylation sites (tertiary alicyclic amines) is 1. The number of hydrogen-bond donors (Lipinski definition) is 0. The molecule has 0 N–H and O–H groups in total. The molecule has 2 aromatic rings. The molecule has 1 atom stereocenters. The Kier molecular flexibility index (Phi) is 5.61. The minimum atomic E-state index is -4.60. The normalized spacial score (nSPS) is 20.8. The lowest BCUT2D eigenvalue weighted by Gasteiger charge is -2.34. The summed E-state index contributed by atoms with van der Waals surface area (Å²) in [6.07, 6.45) is -1.67. The van der Waals surface area contributed by atoms with Gasteiger partial charge in [-0.2, -0.15) is 13.2 Å². The van der Waals surface area contributed by atoms with Crippen LogP contribution in [0.25, 0.3) is 6.08 Å². The van der Waals surface area contributed by atoms with Crippen molar-refractivity contribution >= 4 is 17.9 Å². The van der Waals surface area contributed by atoms with Crippen molar-refractivity contribution in [3.63, 3.8) is 0 Å². The van der Waals surface area contributed by atoms with E-state index in [0.29, 0.717) is 44.1 Å². The second-order valence-corrected chi connectivity index (χ2v) is 7.30. The summed E-state index contributed by atoms with van der Waals surface area (Å²) in [6.45, 7) is 1.47. The third-order valence-corrected chi connectivity index (χ3v) is 5.30. The van der Waals surface area contributed by atoms with Gasteiger partial charge in [0, 0.05) is 18.2 Å². The van der Waals surface area contributed by atoms with Gasteiger partial charge in [-0.15, -0.1) is 0 Å². The van der Waals surface area contributed by atoms with E-state index in [9.17, 15) is 18.0 Å². The molecule has 0 bridgehead atoms. The fourth-order valence-corrected chi connectivity index (χ4v) is 3.88. The highest BCUT2D eigenvalue weighted by Crippen LogP contribution is 2.35. The molecule has 156 valence electrons. The summed E-state index contributed by atoms with van der Waals surface area (Å²) in [7, 11) is 0. The zero-order valence-corrected chi connectivity index (χ0v) is 16.2. The number of benzene rings is 2. The highest BCUT2D eigenvalue weighted by Gasteiger charge is 2.38. The molecule has 1 unspecified atom stereocenters. The molecule has 0 radical (unpaired) electrons. The van der Waals surface area contributed by atoms with E-state index in [1.807, 2.05) is 36.4 Å². The quantitative estimate of drug-likeness (QED) is 0.707. The first-order chi connectivity index (χ1) is 14.4. The maximum absolute atomic E-state index is 13.5. The number of alkyl halides is 3. The molecule has 1 amide bonds. The average molecular weight is 414 g/mol. The molecule has 1 saturated heterocycles. The van der Waals surface area contributed by atoms with Crippen LogP contribution in [0.3, 0.4) is 0 Å². The van der Waals surface area contributed by atoms with Crippen molar-refractivity contribution in [3.8, 4) is 0 Å². The van der Waals surface area contributed by atoms with Gasteiger partial charge in [-0.05, 0) is 36.6 Å². The van der Waals surface area contributed by atoms with E-state index in [1.54, 1.807) is 0 Å². The van der Waals surface area contributed by atoms with Crippen LogP contribution in [0, 0.1) is 5.92 Å². The number of aliphatic imine (C=N–C) groups is 1. The zero-order chi connectivity index (χ0) is 21.1. The fraction of sp³-hybridized carbons (Fsp3) is 0.304. The Hall–Kier alpha value is -3.09. The highest BCUT2D eigenvalue weighted by molar-refractivity contribution is 5.97. The molecular weight excluding hydrogens is 393 g/mol. The van der Waals surface area contributed by atoms with Crippen molar-refractivity contribution < 1.29 is 22.7 Å². The smallest absolute Gasteiger partial charge is 0.417 e. The molecular formula is C23H21F3N2O2. The van der Waals surface area contributed by atoms with E-state index >= 15 is 0 Å². The van der Waals surface area contributed by atoms with Crippen LogP contribution in [0.1, 0.15) is 34.3 Å². The topological polar surface area (TPSA) is 41.9 Å². The monoisotopic (exact) mass is 414 g/mol. The predicted molar refractivity (Wildman–Crippen MR) is 108 cm³/mol. The molecule has 0 saturated carbocycles. The summed E-state index contributed by atoms with van der Waals surface area (Å²) in [4.78, 5) is 19.1. The van der Waals surface area contributed by atoms with E-state index in [-0.39, 0.29) is 11.5 Å². The number of piperidine rings is 1. The Bertz CT molecular complexity index is 983.